The Morgan fingerprint density at radius 1 is 1.32 bits per heavy atom. The van der Waals surface area contributed by atoms with Crippen LogP contribution in [0.1, 0.15) is 32.8 Å². The van der Waals surface area contributed by atoms with Crippen molar-refractivity contribution in [1.82, 2.24) is 10.2 Å². The number of carbonyl (C=O) groups excluding carboxylic acids is 2. The third kappa shape index (κ3) is 4.06. The molecule has 4 nitrogen and oxygen atoms in total. The van der Waals surface area contributed by atoms with Gasteiger partial charge in [0.1, 0.15) is 5.82 Å². The SMILES string of the molecule is CC(C)(C)N1CC(C(=O)NCCc2ccc(F)cc2)CC1=O. The number of nitrogens with zero attached hydrogens (tertiary/aromatic N) is 1. The highest BCUT2D eigenvalue weighted by molar-refractivity contribution is 5.89. The highest BCUT2D eigenvalue weighted by Crippen LogP contribution is 2.25. The number of amides is 2. The molecule has 120 valence electrons. The van der Waals surface area contributed by atoms with E-state index in [2.05, 4.69) is 5.32 Å². The standard InChI is InChI=1S/C17H23FN2O2/c1-17(2,3)20-11-13(10-15(20)21)16(22)19-9-8-12-4-6-14(18)7-5-12/h4-7,13H,8-11H2,1-3H3,(H,19,22). The minimum Gasteiger partial charge on any atom is -0.355 e. The van der Waals surface area contributed by atoms with Crippen molar-refractivity contribution in [2.75, 3.05) is 13.1 Å². The second-order valence-corrected chi connectivity index (χ2v) is 6.74. The number of hydrogen-bond acceptors (Lipinski definition) is 2. The van der Waals surface area contributed by atoms with E-state index in [9.17, 15) is 14.0 Å². The Kier molecular flexibility index (Phi) is 4.84. The molecule has 0 bridgehead atoms. The molecule has 0 spiro atoms. The molecule has 1 unspecified atom stereocenters. The molecule has 1 aliphatic heterocycles. The largest absolute Gasteiger partial charge is 0.355 e. The molecule has 2 rings (SSSR count). The maximum absolute atomic E-state index is 12.8. The number of halogens is 1. The Bertz CT molecular complexity index is 549. The van der Waals surface area contributed by atoms with Crippen LogP contribution in [0.2, 0.25) is 0 Å². The van der Waals surface area contributed by atoms with E-state index >= 15 is 0 Å². The van der Waals surface area contributed by atoms with Crippen LogP contribution in [0, 0.1) is 11.7 Å². The van der Waals surface area contributed by atoms with Gasteiger partial charge in [-0.05, 0) is 44.9 Å². The van der Waals surface area contributed by atoms with Crippen LogP contribution >= 0.6 is 0 Å². The number of carbonyl (C=O) groups is 2. The molecule has 1 aliphatic rings. The van der Waals surface area contributed by atoms with Crippen molar-refractivity contribution in [2.45, 2.75) is 39.2 Å². The van der Waals surface area contributed by atoms with E-state index in [0.29, 0.717) is 19.5 Å². The Balaban J connectivity index is 1.81. The Hall–Kier alpha value is -1.91. The van der Waals surface area contributed by atoms with Crippen LogP contribution in [-0.4, -0.2) is 35.3 Å². The molecule has 0 radical (unpaired) electrons. The van der Waals surface area contributed by atoms with Gasteiger partial charge in [0.25, 0.3) is 0 Å². The van der Waals surface area contributed by atoms with Crippen molar-refractivity contribution < 1.29 is 14.0 Å². The quantitative estimate of drug-likeness (QED) is 0.926. The number of benzene rings is 1. The van der Waals surface area contributed by atoms with Crippen molar-refractivity contribution in [3.8, 4) is 0 Å². The van der Waals surface area contributed by atoms with Gasteiger partial charge in [-0.25, -0.2) is 4.39 Å². The Morgan fingerprint density at radius 2 is 1.95 bits per heavy atom. The van der Waals surface area contributed by atoms with E-state index in [4.69, 9.17) is 0 Å². The first-order chi connectivity index (χ1) is 10.3. The summed E-state index contributed by atoms with van der Waals surface area (Å²) in [5.74, 6) is -0.590. The maximum atomic E-state index is 12.8. The van der Waals surface area contributed by atoms with E-state index in [1.54, 1.807) is 17.0 Å². The second-order valence-electron chi connectivity index (χ2n) is 6.74. The van der Waals surface area contributed by atoms with E-state index in [1.165, 1.54) is 12.1 Å². The molecular weight excluding hydrogens is 283 g/mol. The zero-order valence-electron chi connectivity index (χ0n) is 13.4. The maximum Gasteiger partial charge on any atom is 0.225 e. The van der Waals surface area contributed by atoms with Gasteiger partial charge < -0.3 is 10.2 Å². The van der Waals surface area contributed by atoms with E-state index in [-0.39, 0.29) is 35.5 Å². The fraction of sp³-hybridized carbons (Fsp3) is 0.529. The second kappa shape index (κ2) is 6.46. The Morgan fingerprint density at radius 3 is 2.50 bits per heavy atom. The summed E-state index contributed by atoms with van der Waals surface area (Å²) in [6, 6.07) is 6.24. The normalized spacial score (nSPS) is 18.6. The zero-order valence-corrected chi connectivity index (χ0v) is 13.4. The van der Waals surface area contributed by atoms with Crippen LogP contribution < -0.4 is 5.32 Å². The molecule has 22 heavy (non-hydrogen) atoms. The first kappa shape index (κ1) is 16.5. The average molecular weight is 306 g/mol. The van der Waals surface area contributed by atoms with Crippen LogP contribution in [0.15, 0.2) is 24.3 Å². The molecule has 0 aliphatic carbocycles. The monoisotopic (exact) mass is 306 g/mol. The fourth-order valence-electron chi connectivity index (χ4n) is 2.66. The molecule has 1 aromatic rings. The molecule has 5 heteroatoms. The molecule has 1 aromatic carbocycles. The van der Waals surface area contributed by atoms with Gasteiger partial charge in [0, 0.05) is 25.0 Å². The fourth-order valence-corrected chi connectivity index (χ4v) is 2.66. The summed E-state index contributed by atoms with van der Waals surface area (Å²) in [5, 5.41) is 2.87. The number of rotatable bonds is 4. The van der Waals surface area contributed by atoms with Crippen molar-refractivity contribution in [3.05, 3.63) is 35.6 Å². The minimum absolute atomic E-state index is 0.0335. The lowest BCUT2D eigenvalue weighted by atomic mass is 10.1. The van der Waals surface area contributed by atoms with Crippen LogP contribution in [0.5, 0.6) is 0 Å². The third-order valence-corrected chi connectivity index (χ3v) is 3.93. The van der Waals surface area contributed by atoms with Crippen LogP contribution in [-0.2, 0) is 16.0 Å². The van der Waals surface area contributed by atoms with Crippen LogP contribution in [0.3, 0.4) is 0 Å². The highest BCUT2D eigenvalue weighted by atomic mass is 19.1. The highest BCUT2D eigenvalue weighted by Gasteiger charge is 2.39. The number of hydrogen-bond donors (Lipinski definition) is 1. The van der Waals surface area contributed by atoms with E-state index in [1.807, 2.05) is 20.8 Å². The van der Waals surface area contributed by atoms with E-state index in [0.717, 1.165) is 5.56 Å². The molecule has 1 fully saturated rings. The summed E-state index contributed by atoms with van der Waals surface area (Å²) in [4.78, 5) is 25.9. The summed E-state index contributed by atoms with van der Waals surface area (Å²) in [7, 11) is 0. The lowest BCUT2D eigenvalue weighted by Gasteiger charge is -2.31. The molecule has 1 saturated heterocycles. The number of nitrogens with one attached hydrogen (secondary N) is 1. The summed E-state index contributed by atoms with van der Waals surface area (Å²) < 4.78 is 12.8. The van der Waals surface area contributed by atoms with Gasteiger partial charge in [-0.1, -0.05) is 12.1 Å². The molecule has 1 heterocycles. The minimum atomic E-state index is -0.278. The zero-order chi connectivity index (χ0) is 16.3. The van der Waals surface area contributed by atoms with Crippen LogP contribution in [0.25, 0.3) is 0 Å². The lowest BCUT2D eigenvalue weighted by molar-refractivity contribution is -0.132. The van der Waals surface area contributed by atoms with Crippen molar-refractivity contribution in [3.63, 3.8) is 0 Å². The van der Waals surface area contributed by atoms with Gasteiger partial charge in [0.05, 0.1) is 5.92 Å². The van der Waals surface area contributed by atoms with Gasteiger partial charge in [0.2, 0.25) is 11.8 Å². The third-order valence-electron chi connectivity index (χ3n) is 3.93. The van der Waals surface area contributed by atoms with Gasteiger partial charge in [0.15, 0.2) is 0 Å². The summed E-state index contributed by atoms with van der Waals surface area (Å²) in [6.45, 7) is 6.88. The molecule has 0 aromatic heterocycles. The first-order valence-corrected chi connectivity index (χ1v) is 7.60. The van der Waals surface area contributed by atoms with Crippen LogP contribution in [0.4, 0.5) is 4.39 Å². The van der Waals surface area contributed by atoms with Crippen molar-refractivity contribution in [1.29, 1.82) is 0 Å². The molecule has 0 saturated carbocycles. The van der Waals surface area contributed by atoms with Crippen molar-refractivity contribution in [2.24, 2.45) is 5.92 Å². The molecular formula is C17H23FN2O2. The average Bonchev–Trinajstić information content (AvgIpc) is 2.83. The predicted octanol–water partition coefficient (Wildman–Crippen LogP) is 2.13. The first-order valence-electron chi connectivity index (χ1n) is 7.60. The summed E-state index contributed by atoms with van der Waals surface area (Å²) >= 11 is 0. The van der Waals surface area contributed by atoms with Gasteiger partial charge in [-0.2, -0.15) is 0 Å². The smallest absolute Gasteiger partial charge is 0.225 e. The summed E-state index contributed by atoms with van der Waals surface area (Å²) in [5.41, 5.74) is 0.723. The Labute approximate surface area is 130 Å². The number of likely N-dealkylation sites (tertiary alicyclic amines) is 1. The van der Waals surface area contributed by atoms with E-state index < -0.39 is 0 Å². The van der Waals surface area contributed by atoms with Gasteiger partial charge in [-0.3, -0.25) is 9.59 Å². The lowest BCUT2D eigenvalue weighted by Crippen LogP contribution is -2.43. The molecule has 1 N–H and O–H groups in total. The topological polar surface area (TPSA) is 49.4 Å². The predicted molar refractivity (Wildman–Crippen MR) is 82.7 cm³/mol. The summed E-state index contributed by atoms with van der Waals surface area (Å²) in [6.07, 6.45) is 0.926. The molecule has 2 amide bonds. The molecule has 1 atom stereocenters. The van der Waals surface area contributed by atoms with Gasteiger partial charge >= 0.3 is 0 Å². The van der Waals surface area contributed by atoms with Gasteiger partial charge in [-0.15, -0.1) is 0 Å². The van der Waals surface area contributed by atoms with Crippen molar-refractivity contribution >= 4 is 11.8 Å².